The minimum Gasteiger partial charge on any atom is -0.240 e. The first-order valence-electron chi connectivity index (χ1n) is 3.69. The molecule has 0 bridgehead atoms. The third kappa shape index (κ3) is 4.19. The van der Waals surface area contributed by atoms with Gasteiger partial charge in [0.2, 0.25) is 0 Å². The number of nitrogens with zero attached hydrogens (tertiary/aromatic N) is 1. The van der Waals surface area contributed by atoms with Crippen LogP contribution in [0, 0.1) is 0 Å². The molecule has 54 valence electrons. The van der Waals surface area contributed by atoms with E-state index in [9.17, 15) is 0 Å². The molecule has 0 aliphatic rings. The molecule has 0 radical (unpaired) electrons. The molecule has 0 N–H and O–H groups in total. The van der Waals surface area contributed by atoms with Crippen molar-refractivity contribution < 1.29 is 4.58 Å². The standard InChI is InChI=1S/C8H18N/c1-5-6-7-9(4)8(2)3/h5-7H2,1-4H3/q+1. The molecule has 1 nitrogen and oxygen atoms in total. The van der Waals surface area contributed by atoms with Gasteiger partial charge in [-0.2, -0.15) is 0 Å². The summed E-state index contributed by atoms with van der Waals surface area (Å²) >= 11 is 0. The highest BCUT2D eigenvalue weighted by Crippen LogP contribution is 1.86. The average Bonchev–Trinajstić information content (AvgIpc) is 1.82. The van der Waals surface area contributed by atoms with Gasteiger partial charge < -0.3 is 0 Å². The Balaban J connectivity index is 3.50. The summed E-state index contributed by atoms with van der Waals surface area (Å²) in [7, 11) is 2.14. The highest BCUT2D eigenvalue weighted by molar-refractivity contribution is 5.73. The number of rotatable bonds is 3. The molecule has 0 heterocycles. The fourth-order valence-corrected chi connectivity index (χ4v) is 0.619. The van der Waals surface area contributed by atoms with E-state index in [1.807, 2.05) is 0 Å². The van der Waals surface area contributed by atoms with Crippen molar-refractivity contribution in [1.29, 1.82) is 0 Å². The van der Waals surface area contributed by atoms with Crippen molar-refractivity contribution in [3.8, 4) is 0 Å². The molecule has 0 aromatic carbocycles. The Morgan fingerprint density at radius 3 is 2.22 bits per heavy atom. The quantitative estimate of drug-likeness (QED) is 0.403. The topological polar surface area (TPSA) is 3.01 Å². The van der Waals surface area contributed by atoms with E-state index in [0.29, 0.717) is 0 Å². The van der Waals surface area contributed by atoms with E-state index < -0.39 is 0 Å². The smallest absolute Gasteiger partial charge is 0.145 e. The Hall–Kier alpha value is -0.330. The predicted molar refractivity (Wildman–Crippen MR) is 42.3 cm³/mol. The summed E-state index contributed by atoms with van der Waals surface area (Å²) in [6, 6.07) is 0. The molecule has 0 aromatic heterocycles. The van der Waals surface area contributed by atoms with Crippen molar-refractivity contribution >= 4 is 5.71 Å². The van der Waals surface area contributed by atoms with Crippen molar-refractivity contribution in [2.75, 3.05) is 13.6 Å². The van der Waals surface area contributed by atoms with Gasteiger partial charge in [0.1, 0.15) is 19.3 Å². The van der Waals surface area contributed by atoms with Crippen LogP contribution in [-0.2, 0) is 0 Å². The van der Waals surface area contributed by atoms with E-state index in [-0.39, 0.29) is 0 Å². The second kappa shape index (κ2) is 4.54. The van der Waals surface area contributed by atoms with E-state index in [0.717, 1.165) is 0 Å². The van der Waals surface area contributed by atoms with Crippen LogP contribution in [0.25, 0.3) is 0 Å². The van der Waals surface area contributed by atoms with E-state index in [2.05, 4.69) is 32.4 Å². The predicted octanol–water partition coefficient (Wildman–Crippen LogP) is 1.91. The highest BCUT2D eigenvalue weighted by Gasteiger charge is 1.95. The van der Waals surface area contributed by atoms with Gasteiger partial charge in [-0.15, -0.1) is 0 Å². The maximum absolute atomic E-state index is 2.30. The summed E-state index contributed by atoms with van der Waals surface area (Å²) < 4.78 is 2.30. The van der Waals surface area contributed by atoms with Crippen molar-refractivity contribution in [3.05, 3.63) is 0 Å². The maximum atomic E-state index is 2.30. The maximum Gasteiger partial charge on any atom is 0.145 e. The van der Waals surface area contributed by atoms with Gasteiger partial charge in [0.25, 0.3) is 0 Å². The summed E-state index contributed by atoms with van der Waals surface area (Å²) in [5.74, 6) is 0. The minimum absolute atomic E-state index is 1.21. The number of unbranched alkanes of at least 4 members (excludes halogenated alkanes) is 1. The monoisotopic (exact) mass is 128 g/mol. The zero-order chi connectivity index (χ0) is 7.28. The lowest BCUT2D eigenvalue weighted by Crippen LogP contribution is -2.12. The number of hydrogen-bond acceptors (Lipinski definition) is 0. The van der Waals surface area contributed by atoms with Gasteiger partial charge >= 0.3 is 0 Å². The zero-order valence-electron chi connectivity index (χ0n) is 7.07. The van der Waals surface area contributed by atoms with Crippen LogP contribution in [0.1, 0.15) is 33.6 Å². The molecule has 0 rings (SSSR count). The van der Waals surface area contributed by atoms with Crippen LogP contribution in [-0.4, -0.2) is 23.9 Å². The highest BCUT2D eigenvalue weighted by atomic mass is 15.0. The Labute approximate surface area is 58.4 Å². The molecule has 0 atom stereocenters. The van der Waals surface area contributed by atoms with Gasteiger partial charge in [-0.1, -0.05) is 13.3 Å². The van der Waals surface area contributed by atoms with E-state index in [4.69, 9.17) is 0 Å². The molecular formula is C8H18N+. The second-order valence-corrected chi connectivity index (χ2v) is 2.72. The van der Waals surface area contributed by atoms with Crippen LogP contribution >= 0.6 is 0 Å². The van der Waals surface area contributed by atoms with Crippen molar-refractivity contribution in [3.63, 3.8) is 0 Å². The Bertz CT molecular complexity index is 99.1. The van der Waals surface area contributed by atoms with Gasteiger partial charge in [-0.05, 0) is 0 Å². The molecular weight excluding hydrogens is 110 g/mol. The normalized spacial score (nSPS) is 9.33. The second-order valence-electron chi connectivity index (χ2n) is 2.72. The third-order valence-corrected chi connectivity index (χ3v) is 1.61. The van der Waals surface area contributed by atoms with Crippen LogP contribution in [0.3, 0.4) is 0 Å². The molecule has 0 aromatic rings. The van der Waals surface area contributed by atoms with Crippen molar-refractivity contribution in [1.82, 2.24) is 0 Å². The summed E-state index contributed by atoms with van der Waals surface area (Å²) in [5, 5.41) is 0. The zero-order valence-corrected chi connectivity index (χ0v) is 7.07. The molecule has 0 aliphatic heterocycles. The Kier molecular flexibility index (Phi) is 4.37. The Morgan fingerprint density at radius 2 is 1.89 bits per heavy atom. The van der Waals surface area contributed by atoms with Gasteiger partial charge in [0, 0.05) is 20.3 Å². The van der Waals surface area contributed by atoms with E-state index in [1.165, 1.54) is 25.1 Å². The van der Waals surface area contributed by atoms with Gasteiger partial charge in [-0.25, -0.2) is 4.58 Å². The van der Waals surface area contributed by atoms with Crippen LogP contribution < -0.4 is 0 Å². The minimum atomic E-state index is 1.21. The first kappa shape index (κ1) is 8.67. The fraction of sp³-hybridized carbons (Fsp3) is 0.875. The fourth-order valence-electron chi connectivity index (χ4n) is 0.619. The third-order valence-electron chi connectivity index (χ3n) is 1.61. The summed E-state index contributed by atoms with van der Waals surface area (Å²) in [5.41, 5.74) is 1.41. The van der Waals surface area contributed by atoms with Crippen molar-refractivity contribution in [2.24, 2.45) is 0 Å². The summed E-state index contributed by atoms with van der Waals surface area (Å²) in [6.07, 6.45) is 2.60. The lowest BCUT2D eigenvalue weighted by atomic mass is 10.3. The molecule has 9 heavy (non-hydrogen) atoms. The molecule has 0 saturated carbocycles. The lowest BCUT2D eigenvalue weighted by molar-refractivity contribution is -0.498. The van der Waals surface area contributed by atoms with Crippen LogP contribution in [0.5, 0.6) is 0 Å². The molecule has 0 unspecified atom stereocenters. The van der Waals surface area contributed by atoms with Gasteiger partial charge in [0.15, 0.2) is 0 Å². The largest absolute Gasteiger partial charge is 0.240 e. The molecule has 0 spiro atoms. The van der Waals surface area contributed by atoms with Crippen LogP contribution in [0.4, 0.5) is 0 Å². The molecule has 0 aliphatic carbocycles. The molecule has 0 amide bonds. The summed E-state index contributed by atoms with van der Waals surface area (Å²) in [6.45, 7) is 7.73. The number of hydrogen-bond donors (Lipinski definition) is 0. The van der Waals surface area contributed by atoms with Crippen LogP contribution in [0.2, 0.25) is 0 Å². The first-order valence-corrected chi connectivity index (χ1v) is 3.69. The molecule has 1 heteroatoms. The van der Waals surface area contributed by atoms with E-state index >= 15 is 0 Å². The summed E-state index contributed by atoms with van der Waals surface area (Å²) in [4.78, 5) is 0. The van der Waals surface area contributed by atoms with Crippen LogP contribution in [0.15, 0.2) is 0 Å². The van der Waals surface area contributed by atoms with E-state index in [1.54, 1.807) is 0 Å². The SMILES string of the molecule is CCCC[N+](C)=C(C)C. The first-order chi connectivity index (χ1) is 4.18. The Morgan fingerprint density at radius 1 is 1.33 bits per heavy atom. The van der Waals surface area contributed by atoms with Crippen molar-refractivity contribution in [2.45, 2.75) is 33.6 Å². The molecule has 0 fully saturated rings. The lowest BCUT2D eigenvalue weighted by Gasteiger charge is -1.95. The van der Waals surface area contributed by atoms with Gasteiger partial charge in [0.05, 0.1) is 0 Å². The molecule has 0 saturated heterocycles. The average molecular weight is 128 g/mol. The van der Waals surface area contributed by atoms with Gasteiger partial charge in [-0.3, -0.25) is 0 Å².